The van der Waals surface area contributed by atoms with Gasteiger partial charge in [0.2, 0.25) is 0 Å². The van der Waals surface area contributed by atoms with Gasteiger partial charge in [-0.3, -0.25) is 4.79 Å². The van der Waals surface area contributed by atoms with Gasteiger partial charge in [0.15, 0.2) is 0 Å². The van der Waals surface area contributed by atoms with Gasteiger partial charge in [0.1, 0.15) is 0 Å². The van der Waals surface area contributed by atoms with Crippen LogP contribution in [0.4, 0.5) is 0 Å². The van der Waals surface area contributed by atoms with Crippen LogP contribution < -0.4 is 0 Å². The molecular weight excluding hydrogens is 246 g/mol. The van der Waals surface area contributed by atoms with Gasteiger partial charge in [-0.05, 0) is 32.2 Å². The van der Waals surface area contributed by atoms with Gasteiger partial charge in [-0.1, -0.05) is 19.3 Å². The Morgan fingerprint density at radius 1 is 1.17 bits per heavy atom. The number of aliphatic carboxylic acids is 1. The fourth-order valence-electron chi connectivity index (χ4n) is 3.04. The number of carbonyl (C=O) groups is 1. The molecule has 0 aromatic heterocycles. The molecule has 1 aliphatic carbocycles. The first-order valence-electron chi connectivity index (χ1n) is 7.32. The number of piperidine rings is 1. The zero-order valence-corrected chi connectivity index (χ0v) is 12.0. The minimum atomic E-state index is -0.611. The van der Waals surface area contributed by atoms with Crippen LogP contribution in [0.25, 0.3) is 0 Å². The first kappa shape index (κ1) is 14.2. The van der Waals surface area contributed by atoms with E-state index in [0.717, 1.165) is 37.7 Å². The van der Waals surface area contributed by atoms with Gasteiger partial charge in [-0.25, -0.2) is 0 Å². The van der Waals surface area contributed by atoms with E-state index < -0.39 is 5.97 Å². The van der Waals surface area contributed by atoms with Crippen LogP contribution in [0.3, 0.4) is 0 Å². The van der Waals surface area contributed by atoms with Crippen molar-refractivity contribution in [2.45, 2.75) is 50.2 Å². The molecule has 1 atom stereocenters. The number of hydrogen-bond acceptors (Lipinski definition) is 3. The van der Waals surface area contributed by atoms with Crippen molar-refractivity contribution in [1.82, 2.24) is 4.90 Å². The van der Waals surface area contributed by atoms with Crippen molar-refractivity contribution in [3.63, 3.8) is 0 Å². The minimum absolute atomic E-state index is 0.126. The van der Waals surface area contributed by atoms with E-state index in [1.165, 1.54) is 37.9 Å². The lowest BCUT2D eigenvalue weighted by Crippen LogP contribution is -2.39. The van der Waals surface area contributed by atoms with Crippen LogP contribution in [-0.4, -0.2) is 46.6 Å². The zero-order chi connectivity index (χ0) is 12.8. The molecule has 1 heterocycles. The molecule has 0 amide bonds. The molecule has 0 aromatic rings. The summed E-state index contributed by atoms with van der Waals surface area (Å²) in [7, 11) is 0. The number of likely N-dealkylation sites (tertiary alicyclic amines) is 1. The largest absolute Gasteiger partial charge is 0.481 e. The van der Waals surface area contributed by atoms with Gasteiger partial charge in [0, 0.05) is 24.1 Å². The molecule has 104 valence electrons. The van der Waals surface area contributed by atoms with Crippen molar-refractivity contribution in [2.24, 2.45) is 5.92 Å². The first-order valence-corrected chi connectivity index (χ1v) is 8.37. The SMILES string of the molecule is O=C(O)C1CCCN(CCSC2CCCCC2)C1. The Bertz CT molecular complexity index is 267. The minimum Gasteiger partial charge on any atom is -0.481 e. The summed E-state index contributed by atoms with van der Waals surface area (Å²) in [6.07, 6.45) is 8.92. The maximum Gasteiger partial charge on any atom is 0.307 e. The zero-order valence-electron chi connectivity index (χ0n) is 11.1. The van der Waals surface area contributed by atoms with Gasteiger partial charge < -0.3 is 10.0 Å². The van der Waals surface area contributed by atoms with Crippen LogP contribution in [0.5, 0.6) is 0 Å². The Balaban J connectivity index is 1.62. The standard InChI is InChI=1S/C14H25NO2S/c16-14(17)12-5-4-8-15(11-12)9-10-18-13-6-2-1-3-7-13/h12-13H,1-11H2,(H,16,17). The van der Waals surface area contributed by atoms with Crippen molar-refractivity contribution < 1.29 is 9.90 Å². The number of rotatable bonds is 5. The van der Waals surface area contributed by atoms with E-state index in [9.17, 15) is 4.79 Å². The molecule has 18 heavy (non-hydrogen) atoms. The van der Waals surface area contributed by atoms with Crippen LogP contribution in [0.2, 0.25) is 0 Å². The van der Waals surface area contributed by atoms with E-state index in [2.05, 4.69) is 16.7 Å². The lowest BCUT2D eigenvalue weighted by atomic mass is 9.98. The fourth-order valence-corrected chi connectivity index (χ4v) is 4.40. The maximum absolute atomic E-state index is 11.0. The number of carboxylic acid groups (broad SMARTS) is 1. The smallest absolute Gasteiger partial charge is 0.307 e. The molecule has 1 unspecified atom stereocenters. The van der Waals surface area contributed by atoms with Crippen LogP contribution >= 0.6 is 11.8 Å². The van der Waals surface area contributed by atoms with E-state index >= 15 is 0 Å². The summed E-state index contributed by atoms with van der Waals surface area (Å²) in [5, 5.41) is 9.93. The summed E-state index contributed by atoms with van der Waals surface area (Å²) in [5.74, 6) is 0.440. The summed E-state index contributed by atoms with van der Waals surface area (Å²) >= 11 is 2.11. The molecule has 2 fully saturated rings. The molecule has 0 radical (unpaired) electrons. The molecule has 0 aromatic carbocycles. The monoisotopic (exact) mass is 271 g/mol. The van der Waals surface area contributed by atoms with E-state index in [1.807, 2.05) is 0 Å². The highest BCUT2D eigenvalue weighted by Gasteiger charge is 2.25. The summed E-state index contributed by atoms with van der Waals surface area (Å²) < 4.78 is 0. The van der Waals surface area contributed by atoms with Crippen molar-refractivity contribution in [1.29, 1.82) is 0 Å². The molecule has 0 spiro atoms. The highest BCUT2D eigenvalue weighted by Crippen LogP contribution is 2.28. The Kier molecular flexibility index (Phi) is 5.83. The number of carboxylic acids is 1. The third kappa shape index (κ3) is 4.47. The molecule has 1 saturated carbocycles. The topological polar surface area (TPSA) is 40.5 Å². The van der Waals surface area contributed by atoms with Gasteiger partial charge in [0.05, 0.1) is 5.92 Å². The van der Waals surface area contributed by atoms with E-state index in [-0.39, 0.29) is 5.92 Å². The van der Waals surface area contributed by atoms with Gasteiger partial charge in [-0.2, -0.15) is 11.8 Å². The van der Waals surface area contributed by atoms with Crippen LogP contribution in [0.15, 0.2) is 0 Å². The van der Waals surface area contributed by atoms with E-state index in [4.69, 9.17) is 5.11 Å². The highest BCUT2D eigenvalue weighted by atomic mass is 32.2. The molecule has 4 heteroatoms. The Morgan fingerprint density at radius 3 is 2.67 bits per heavy atom. The summed E-state index contributed by atoms with van der Waals surface area (Å²) in [6.45, 7) is 2.93. The van der Waals surface area contributed by atoms with E-state index in [0.29, 0.717) is 0 Å². The van der Waals surface area contributed by atoms with E-state index in [1.54, 1.807) is 0 Å². The maximum atomic E-state index is 11.0. The second kappa shape index (κ2) is 7.39. The second-order valence-corrected chi connectivity index (χ2v) is 7.02. The Hall–Kier alpha value is -0.220. The van der Waals surface area contributed by atoms with Gasteiger partial charge in [-0.15, -0.1) is 0 Å². The van der Waals surface area contributed by atoms with Gasteiger partial charge in [0.25, 0.3) is 0 Å². The molecule has 1 N–H and O–H groups in total. The molecule has 3 nitrogen and oxygen atoms in total. The predicted molar refractivity (Wildman–Crippen MR) is 76.1 cm³/mol. The summed E-state index contributed by atoms with van der Waals surface area (Å²) in [5.41, 5.74) is 0. The number of nitrogens with zero attached hydrogens (tertiary/aromatic N) is 1. The molecule has 2 aliphatic rings. The third-order valence-corrected chi connectivity index (χ3v) is 5.53. The highest BCUT2D eigenvalue weighted by molar-refractivity contribution is 7.99. The molecular formula is C14H25NO2S. The quantitative estimate of drug-likeness (QED) is 0.835. The molecule has 1 aliphatic heterocycles. The predicted octanol–water partition coefficient (Wildman–Crippen LogP) is 2.85. The average Bonchev–Trinajstić information content (AvgIpc) is 2.40. The van der Waals surface area contributed by atoms with Crippen LogP contribution in [0, 0.1) is 5.92 Å². The molecule has 1 saturated heterocycles. The van der Waals surface area contributed by atoms with Crippen molar-refractivity contribution in [3.8, 4) is 0 Å². The fraction of sp³-hybridized carbons (Fsp3) is 0.929. The van der Waals surface area contributed by atoms with Crippen molar-refractivity contribution in [3.05, 3.63) is 0 Å². The summed E-state index contributed by atoms with van der Waals surface area (Å²) in [6, 6.07) is 0. The number of thioether (sulfide) groups is 1. The Labute approximate surface area is 114 Å². The van der Waals surface area contributed by atoms with Crippen LogP contribution in [-0.2, 0) is 4.79 Å². The second-order valence-electron chi connectivity index (χ2n) is 5.61. The molecule has 0 bridgehead atoms. The third-order valence-electron chi connectivity index (χ3n) is 4.17. The van der Waals surface area contributed by atoms with Crippen molar-refractivity contribution >= 4 is 17.7 Å². The average molecular weight is 271 g/mol. The normalized spacial score (nSPS) is 27.2. The lowest BCUT2D eigenvalue weighted by Gasteiger charge is -2.31. The summed E-state index contributed by atoms with van der Waals surface area (Å²) in [4.78, 5) is 13.3. The lowest BCUT2D eigenvalue weighted by molar-refractivity contribution is -0.143. The Morgan fingerprint density at radius 2 is 1.94 bits per heavy atom. The van der Waals surface area contributed by atoms with Crippen molar-refractivity contribution in [2.75, 3.05) is 25.4 Å². The van der Waals surface area contributed by atoms with Gasteiger partial charge >= 0.3 is 5.97 Å². The van der Waals surface area contributed by atoms with Crippen LogP contribution in [0.1, 0.15) is 44.9 Å². The molecule has 2 rings (SSSR count). The number of hydrogen-bond donors (Lipinski definition) is 1. The first-order chi connectivity index (χ1) is 8.75.